The average Bonchev–Trinajstić information content (AvgIpc) is 1.64. The summed E-state index contributed by atoms with van der Waals surface area (Å²) in [4.78, 5) is 0. The van der Waals surface area contributed by atoms with Crippen molar-refractivity contribution in [2.24, 2.45) is 0 Å². The van der Waals surface area contributed by atoms with Gasteiger partial charge >= 0.3 is 0 Å². The molecule has 6 heteroatoms. The molecule has 0 bridgehead atoms. The predicted octanol–water partition coefficient (Wildman–Crippen LogP) is -0.0990. The van der Waals surface area contributed by atoms with Crippen molar-refractivity contribution in [2.75, 3.05) is 0 Å². The van der Waals surface area contributed by atoms with Crippen molar-refractivity contribution in [3.63, 3.8) is 0 Å². The zero-order valence-electron chi connectivity index (χ0n) is 3.73. The first-order valence-corrected chi connectivity index (χ1v) is 3.67. The third-order valence-electron chi connectivity index (χ3n) is 0.390. The lowest BCUT2D eigenvalue weighted by Gasteiger charge is -1.88. The molecule has 0 saturated carbocycles. The van der Waals surface area contributed by atoms with E-state index in [2.05, 4.69) is 6.58 Å². The zero-order chi connectivity index (χ0) is 6.73. The first-order valence-electron chi connectivity index (χ1n) is 1.46. The Labute approximate surface area is 51.2 Å². The van der Waals surface area contributed by atoms with Gasteiger partial charge in [0, 0.05) is 0 Å². The van der Waals surface area contributed by atoms with E-state index in [4.69, 9.17) is 9.11 Å². The zero-order valence-corrected chi connectivity index (χ0v) is 5.37. The minimum Gasteiger partial charge on any atom is -0.302 e. The Morgan fingerprint density at radius 3 is 1.50 bits per heavy atom. The van der Waals surface area contributed by atoms with E-state index < -0.39 is 26.4 Å². The lowest BCUT2D eigenvalue weighted by molar-refractivity contribution is 0.562. The summed E-state index contributed by atoms with van der Waals surface area (Å²) in [5.74, 6) is 0. The van der Waals surface area contributed by atoms with E-state index in [0.717, 1.165) is 0 Å². The van der Waals surface area contributed by atoms with E-state index >= 15 is 0 Å². The van der Waals surface area contributed by atoms with Crippen molar-refractivity contribution >= 4 is 22.2 Å². The summed E-state index contributed by atoms with van der Waals surface area (Å²) < 4.78 is 35.0. The van der Waals surface area contributed by atoms with Crippen molar-refractivity contribution in [2.45, 2.75) is 0 Å². The molecule has 0 spiro atoms. The lowest BCUT2D eigenvalue weighted by Crippen LogP contribution is -1.96. The van der Waals surface area contributed by atoms with Gasteiger partial charge in [-0.2, -0.15) is 0 Å². The maximum atomic E-state index is 9.80. The van der Waals surface area contributed by atoms with Gasteiger partial charge < -0.3 is 9.11 Å². The summed E-state index contributed by atoms with van der Waals surface area (Å²) >= 11 is -4.77. The molecule has 4 nitrogen and oxygen atoms in total. The molecule has 0 aliphatic rings. The second kappa shape index (κ2) is 3.08. The normalized spacial score (nSPS) is 17.2. The SMILES string of the molecule is C=C(S(=O)O)S(=O)O. The molecule has 0 aliphatic heterocycles. The maximum absolute atomic E-state index is 9.80. The quantitative estimate of drug-likeness (QED) is 0.547. The standard InChI is InChI=1S/C2H4O4S2/c1-2(7(3)4)8(5)6/h1H2,(H,3,4)(H,5,6). The highest BCUT2D eigenvalue weighted by atomic mass is 32.3. The predicted molar refractivity (Wildman–Crippen MR) is 30.7 cm³/mol. The molecule has 8 heavy (non-hydrogen) atoms. The van der Waals surface area contributed by atoms with Crippen molar-refractivity contribution in [1.29, 1.82) is 0 Å². The molecule has 0 heterocycles. The van der Waals surface area contributed by atoms with Gasteiger partial charge in [0.15, 0.2) is 26.4 Å². The topological polar surface area (TPSA) is 74.6 Å². The van der Waals surface area contributed by atoms with Crippen molar-refractivity contribution in [3.8, 4) is 0 Å². The molecule has 2 unspecified atom stereocenters. The molecule has 0 aromatic rings. The van der Waals surface area contributed by atoms with Crippen molar-refractivity contribution in [3.05, 3.63) is 10.8 Å². The number of rotatable bonds is 2. The highest BCUT2D eigenvalue weighted by Crippen LogP contribution is 1.97. The van der Waals surface area contributed by atoms with Crippen LogP contribution in [0.25, 0.3) is 0 Å². The smallest absolute Gasteiger partial charge is 0.197 e. The highest BCUT2D eigenvalue weighted by molar-refractivity contribution is 8.03. The molecule has 0 aromatic heterocycles. The van der Waals surface area contributed by atoms with Crippen LogP contribution >= 0.6 is 0 Å². The van der Waals surface area contributed by atoms with Gasteiger partial charge in [-0.3, -0.25) is 0 Å². The van der Waals surface area contributed by atoms with Gasteiger partial charge in [0.2, 0.25) is 0 Å². The van der Waals surface area contributed by atoms with Crippen LogP contribution in [0.5, 0.6) is 0 Å². The number of hydrogen-bond acceptors (Lipinski definition) is 2. The van der Waals surface area contributed by atoms with Crippen LogP contribution in [0.1, 0.15) is 0 Å². The van der Waals surface area contributed by atoms with E-state index in [1.54, 1.807) is 0 Å². The van der Waals surface area contributed by atoms with Crippen molar-refractivity contribution < 1.29 is 17.5 Å². The monoisotopic (exact) mass is 156 g/mol. The van der Waals surface area contributed by atoms with Gasteiger partial charge in [-0.15, -0.1) is 0 Å². The van der Waals surface area contributed by atoms with Crippen LogP contribution in [-0.4, -0.2) is 17.5 Å². The van der Waals surface area contributed by atoms with E-state index in [1.165, 1.54) is 0 Å². The largest absolute Gasteiger partial charge is 0.302 e. The summed E-state index contributed by atoms with van der Waals surface area (Å²) in [5, 5.41) is 0. The summed E-state index contributed by atoms with van der Waals surface area (Å²) in [7, 11) is 0. The molecule has 0 aliphatic carbocycles. The molecule has 0 saturated heterocycles. The molecule has 2 atom stereocenters. The number of hydrogen-bond donors (Lipinski definition) is 2. The molecule has 0 rings (SSSR count). The molecular formula is C2H4O4S2. The first kappa shape index (κ1) is 7.96. The molecule has 0 radical (unpaired) electrons. The van der Waals surface area contributed by atoms with E-state index in [9.17, 15) is 8.42 Å². The van der Waals surface area contributed by atoms with Crippen molar-refractivity contribution in [1.82, 2.24) is 0 Å². The molecule has 0 amide bonds. The summed E-state index contributed by atoms with van der Waals surface area (Å²) in [6, 6.07) is 0. The van der Waals surface area contributed by atoms with Crippen LogP contribution < -0.4 is 0 Å². The Bertz CT molecular complexity index is 134. The minimum absolute atomic E-state index is 0.593. The van der Waals surface area contributed by atoms with Gasteiger partial charge in [0.05, 0.1) is 0 Å². The second-order valence-corrected chi connectivity index (χ2v) is 3.11. The Hall–Kier alpha value is -0.0400. The molecule has 48 valence electrons. The highest BCUT2D eigenvalue weighted by Gasteiger charge is 2.05. The fourth-order valence-electron chi connectivity index (χ4n) is 0.0610. The third-order valence-corrected chi connectivity index (χ3v) is 2.02. The first-order chi connectivity index (χ1) is 3.55. The Kier molecular flexibility index (Phi) is 3.06. The van der Waals surface area contributed by atoms with Crippen LogP contribution in [0.4, 0.5) is 0 Å². The van der Waals surface area contributed by atoms with Crippen LogP contribution in [0, 0.1) is 0 Å². The van der Waals surface area contributed by atoms with Crippen LogP contribution in [0.3, 0.4) is 0 Å². The van der Waals surface area contributed by atoms with Gasteiger partial charge in [-0.05, 0) is 0 Å². The van der Waals surface area contributed by atoms with Gasteiger partial charge in [-0.1, -0.05) is 6.58 Å². The van der Waals surface area contributed by atoms with E-state index in [1.807, 2.05) is 0 Å². The van der Waals surface area contributed by atoms with Gasteiger partial charge in [0.1, 0.15) is 0 Å². The van der Waals surface area contributed by atoms with Gasteiger partial charge in [-0.25, -0.2) is 8.42 Å². The molecule has 0 fully saturated rings. The fourth-order valence-corrected chi connectivity index (χ4v) is 0.549. The lowest BCUT2D eigenvalue weighted by atomic mass is 11.3. The minimum atomic E-state index is -2.39. The Morgan fingerprint density at radius 2 is 1.50 bits per heavy atom. The van der Waals surface area contributed by atoms with Crippen LogP contribution in [0.2, 0.25) is 0 Å². The Morgan fingerprint density at radius 1 is 1.25 bits per heavy atom. The van der Waals surface area contributed by atoms with Gasteiger partial charge in [0.25, 0.3) is 0 Å². The van der Waals surface area contributed by atoms with E-state index in [-0.39, 0.29) is 0 Å². The Balaban J connectivity index is 4.05. The summed E-state index contributed by atoms with van der Waals surface area (Å²) in [6.07, 6.45) is 0. The van der Waals surface area contributed by atoms with Crippen LogP contribution in [-0.2, 0) is 22.2 Å². The average molecular weight is 156 g/mol. The molecule has 0 aromatic carbocycles. The fraction of sp³-hybridized carbons (Fsp3) is 0. The summed E-state index contributed by atoms with van der Waals surface area (Å²) in [6.45, 7) is 2.85. The molecule has 2 N–H and O–H groups in total. The third kappa shape index (κ3) is 2.31. The van der Waals surface area contributed by atoms with E-state index in [0.29, 0.717) is 0 Å². The summed E-state index contributed by atoms with van der Waals surface area (Å²) in [5.41, 5.74) is 0. The maximum Gasteiger partial charge on any atom is 0.197 e. The second-order valence-electron chi connectivity index (χ2n) is 0.870. The molecular weight excluding hydrogens is 152 g/mol. The van der Waals surface area contributed by atoms with Crippen LogP contribution in [0.15, 0.2) is 10.8 Å².